The number of carbonyl (C=O) groups excluding carboxylic acids is 1. The highest BCUT2D eigenvalue weighted by Crippen LogP contribution is 2.28. The quantitative estimate of drug-likeness (QED) is 0.591. The number of carbonyl (C=O) groups is 1. The molecule has 35 heavy (non-hydrogen) atoms. The molecule has 0 fully saturated rings. The molecule has 2 heterocycles. The molecule has 1 N–H and O–H groups in total. The van der Waals surface area contributed by atoms with Crippen LogP contribution in [0.15, 0.2) is 48.5 Å². The van der Waals surface area contributed by atoms with E-state index in [0.29, 0.717) is 37.3 Å². The molecule has 3 aromatic rings. The van der Waals surface area contributed by atoms with Crippen LogP contribution < -0.4 is 10.1 Å². The molecule has 1 amide bonds. The Bertz CT molecular complexity index is 1240. The molecule has 2 aliphatic rings. The van der Waals surface area contributed by atoms with Crippen LogP contribution in [0.2, 0.25) is 0 Å². The van der Waals surface area contributed by atoms with Gasteiger partial charge in [-0.1, -0.05) is 36.4 Å². The van der Waals surface area contributed by atoms with Crippen molar-refractivity contribution in [3.63, 3.8) is 0 Å². The summed E-state index contributed by atoms with van der Waals surface area (Å²) in [6.07, 6.45) is -1.60. The number of fused-ring (bicyclic) bond motifs is 2. The molecule has 0 spiro atoms. The van der Waals surface area contributed by atoms with Crippen molar-refractivity contribution in [1.29, 1.82) is 0 Å². The molecule has 6 nitrogen and oxygen atoms in total. The standard InChI is InChI=1S/C26H27F3N4O2/c1-32-23-10-9-20(30-15-17-5-4-8-21(13-17)35-26(27,28)29)14-22(23)24(31-32)25(34)33-12-11-18-6-2-3-7-19(18)16-33/h2-8,13,20,30H,9-12,14-16H2,1H3. The first-order chi connectivity index (χ1) is 16.8. The Balaban J connectivity index is 1.27. The van der Waals surface area contributed by atoms with Crippen LogP contribution in [0, 0.1) is 0 Å². The van der Waals surface area contributed by atoms with Gasteiger partial charge in [-0.2, -0.15) is 5.10 Å². The predicted octanol–water partition coefficient (Wildman–Crippen LogP) is 4.16. The minimum Gasteiger partial charge on any atom is -0.406 e. The van der Waals surface area contributed by atoms with Gasteiger partial charge in [0.2, 0.25) is 0 Å². The summed E-state index contributed by atoms with van der Waals surface area (Å²) in [5.74, 6) is -0.278. The third-order valence-electron chi connectivity index (χ3n) is 6.80. The summed E-state index contributed by atoms with van der Waals surface area (Å²) in [5, 5.41) is 8.03. The van der Waals surface area contributed by atoms with E-state index in [-0.39, 0.29) is 17.7 Å². The van der Waals surface area contributed by atoms with Crippen LogP contribution in [0.1, 0.15) is 44.9 Å². The molecule has 9 heteroatoms. The molecule has 184 valence electrons. The fourth-order valence-electron chi connectivity index (χ4n) is 5.07. The van der Waals surface area contributed by atoms with Crippen molar-refractivity contribution in [3.8, 4) is 5.75 Å². The first-order valence-electron chi connectivity index (χ1n) is 11.8. The van der Waals surface area contributed by atoms with E-state index in [4.69, 9.17) is 0 Å². The number of benzene rings is 2. The molecule has 1 atom stereocenters. The average molecular weight is 485 g/mol. The Morgan fingerprint density at radius 2 is 1.94 bits per heavy atom. The van der Waals surface area contributed by atoms with Crippen LogP contribution in [0.5, 0.6) is 5.75 Å². The van der Waals surface area contributed by atoms with Crippen molar-refractivity contribution >= 4 is 5.91 Å². The lowest BCUT2D eigenvalue weighted by Gasteiger charge is -2.29. The van der Waals surface area contributed by atoms with Crippen molar-refractivity contribution in [1.82, 2.24) is 20.0 Å². The molecule has 5 rings (SSSR count). The number of rotatable bonds is 5. The zero-order valence-electron chi connectivity index (χ0n) is 19.4. The number of aromatic nitrogens is 2. The Kier molecular flexibility index (Phi) is 6.27. The minimum atomic E-state index is -4.72. The maximum Gasteiger partial charge on any atom is 0.573 e. The second kappa shape index (κ2) is 9.37. The first kappa shape index (κ1) is 23.4. The van der Waals surface area contributed by atoms with Gasteiger partial charge < -0.3 is 15.0 Å². The fourth-order valence-corrected chi connectivity index (χ4v) is 5.07. The summed E-state index contributed by atoms with van der Waals surface area (Å²) in [4.78, 5) is 15.3. The van der Waals surface area contributed by atoms with Crippen molar-refractivity contribution in [2.24, 2.45) is 7.05 Å². The minimum absolute atomic E-state index is 0.0472. The van der Waals surface area contributed by atoms with Crippen LogP contribution in [-0.2, 0) is 39.4 Å². The number of amides is 1. The van der Waals surface area contributed by atoms with E-state index < -0.39 is 6.36 Å². The van der Waals surface area contributed by atoms with E-state index in [9.17, 15) is 18.0 Å². The number of hydrogen-bond donors (Lipinski definition) is 1. The van der Waals surface area contributed by atoms with Gasteiger partial charge in [0, 0.05) is 44.0 Å². The Labute approximate surface area is 201 Å². The van der Waals surface area contributed by atoms with E-state index in [2.05, 4.69) is 27.3 Å². The second-order valence-electron chi connectivity index (χ2n) is 9.16. The maximum absolute atomic E-state index is 13.5. The summed E-state index contributed by atoms with van der Waals surface area (Å²) < 4.78 is 43.4. The van der Waals surface area contributed by atoms with Gasteiger partial charge in [0.25, 0.3) is 5.91 Å². The van der Waals surface area contributed by atoms with Gasteiger partial charge in [-0.25, -0.2) is 0 Å². The monoisotopic (exact) mass is 484 g/mol. The highest BCUT2D eigenvalue weighted by atomic mass is 19.4. The molecule has 0 saturated heterocycles. The van der Waals surface area contributed by atoms with E-state index in [0.717, 1.165) is 30.5 Å². The van der Waals surface area contributed by atoms with Crippen molar-refractivity contribution in [2.75, 3.05) is 6.54 Å². The number of nitrogens with zero attached hydrogens (tertiary/aromatic N) is 3. The summed E-state index contributed by atoms with van der Waals surface area (Å²) >= 11 is 0. The molecule has 1 unspecified atom stereocenters. The van der Waals surface area contributed by atoms with Crippen molar-refractivity contribution < 1.29 is 22.7 Å². The number of ether oxygens (including phenoxy) is 1. The Hall–Kier alpha value is -3.33. The highest BCUT2D eigenvalue weighted by Gasteiger charge is 2.32. The van der Waals surface area contributed by atoms with E-state index in [1.165, 1.54) is 23.3 Å². The molecule has 0 bridgehead atoms. The zero-order chi connectivity index (χ0) is 24.6. The number of hydrogen-bond acceptors (Lipinski definition) is 4. The molecular weight excluding hydrogens is 457 g/mol. The highest BCUT2D eigenvalue weighted by molar-refractivity contribution is 5.94. The molecule has 1 aliphatic heterocycles. The molecule has 0 radical (unpaired) electrons. The average Bonchev–Trinajstić information content (AvgIpc) is 3.17. The van der Waals surface area contributed by atoms with E-state index in [1.54, 1.807) is 12.1 Å². The summed E-state index contributed by atoms with van der Waals surface area (Å²) in [6.45, 7) is 1.65. The van der Waals surface area contributed by atoms with Gasteiger partial charge >= 0.3 is 6.36 Å². The Morgan fingerprint density at radius 1 is 1.14 bits per heavy atom. The molecule has 1 aromatic heterocycles. The van der Waals surface area contributed by atoms with Crippen LogP contribution >= 0.6 is 0 Å². The summed E-state index contributed by atoms with van der Waals surface area (Å²) in [6, 6.07) is 14.3. The Morgan fingerprint density at radius 3 is 2.74 bits per heavy atom. The lowest BCUT2D eigenvalue weighted by Crippen LogP contribution is -2.38. The molecular formula is C26H27F3N4O2. The van der Waals surface area contributed by atoms with Crippen LogP contribution in [0.4, 0.5) is 13.2 Å². The van der Waals surface area contributed by atoms with E-state index in [1.807, 2.05) is 28.8 Å². The topological polar surface area (TPSA) is 59.4 Å². The lowest BCUT2D eigenvalue weighted by atomic mass is 9.90. The summed E-state index contributed by atoms with van der Waals surface area (Å²) in [7, 11) is 1.88. The molecule has 0 saturated carbocycles. The van der Waals surface area contributed by atoms with Gasteiger partial charge in [0.15, 0.2) is 5.69 Å². The molecule has 1 aliphatic carbocycles. The van der Waals surface area contributed by atoms with Gasteiger partial charge in [0.1, 0.15) is 5.75 Å². The van der Waals surface area contributed by atoms with Crippen LogP contribution in [0.25, 0.3) is 0 Å². The van der Waals surface area contributed by atoms with Gasteiger partial charge in [-0.05, 0) is 54.5 Å². The van der Waals surface area contributed by atoms with Crippen LogP contribution in [-0.4, -0.2) is 39.5 Å². The van der Waals surface area contributed by atoms with Crippen LogP contribution in [0.3, 0.4) is 0 Å². The third-order valence-corrected chi connectivity index (χ3v) is 6.80. The SMILES string of the molecule is Cn1nc(C(=O)N2CCc3ccccc3C2)c2c1CCC(NCc1cccc(OC(F)(F)F)c1)C2. The first-order valence-corrected chi connectivity index (χ1v) is 11.8. The second-order valence-corrected chi connectivity index (χ2v) is 9.16. The van der Waals surface area contributed by atoms with Gasteiger partial charge in [-0.3, -0.25) is 9.48 Å². The fraction of sp³-hybridized carbons (Fsp3) is 0.385. The third kappa shape index (κ3) is 5.19. The lowest BCUT2D eigenvalue weighted by molar-refractivity contribution is -0.274. The van der Waals surface area contributed by atoms with Crippen molar-refractivity contribution in [2.45, 2.75) is 51.2 Å². The number of aryl methyl sites for hydroxylation is 1. The number of nitrogens with one attached hydrogen (secondary N) is 1. The smallest absolute Gasteiger partial charge is 0.406 e. The van der Waals surface area contributed by atoms with E-state index >= 15 is 0 Å². The summed E-state index contributed by atoms with van der Waals surface area (Å²) in [5.41, 5.74) is 5.71. The zero-order valence-corrected chi connectivity index (χ0v) is 19.4. The molecule has 2 aromatic carbocycles. The van der Waals surface area contributed by atoms with Crippen molar-refractivity contribution in [3.05, 3.63) is 82.2 Å². The van der Waals surface area contributed by atoms with Gasteiger partial charge in [-0.15, -0.1) is 13.2 Å². The predicted molar refractivity (Wildman–Crippen MR) is 124 cm³/mol. The normalized spacial score (nSPS) is 17.6. The largest absolute Gasteiger partial charge is 0.573 e. The number of halogens is 3. The number of alkyl halides is 3. The maximum atomic E-state index is 13.5. The van der Waals surface area contributed by atoms with Gasteiger partial charge in [0.05, 0.1) is 0 Å².